The quantitative estimate of drug-likeness (QED) is 0.844. The summed E-state index contributed by atoms with van der Waals surface area (Å²) < 4.78 is 7.46. The summed E-state index contributed by atoms with van der Waals surface area (Å²) >= 11 is 8.00. The fourth-order valence-corrected chi connectivity index (χ4v) is 5.03. The summed E-state index contributed by atoms with van der Waals surface area (Å²) in [6, 6.07) is 0. The van der Waals surface area contributed by atoms with Crippen molar-refractivity contribution in [1.29, 1.82) is 0 Å². The molecule has 1 unspecified atom stereocenters. The van der Waals surface area contributed by atoms with Gasteiger partial charge in [-0.25, -0.2) is 4.98 Å². The number of thiazole rings is 1. The maximum absolute atomic E-state index is 12.1. The molecule has 142 valence electrons. The highest BCUT2D eigenvalue weighted by molar-refractivity contribution is 7.15. The number of fused-ring (bicyclic) bond motifs is 1. The molecule has 2 aliphatic heterocycles. The van der Waals surface area contributed by atoms with E-state index >= 15 is 0 Å². The Hall–Kier alpha value is -1.15. The van der Waals surface area contributed by atoms with Crippen LogP contribution in [0.25, 0.3) is 4.96 Å². The Balaban J connectivity index is 1.27. The number of rotatable bonds is 5. The second kappa shape index (κ2) is 7.84. The minimum atomic E-state index is 0.0513. The molecule has 4 rings (SSSR count). The molecule has 2 aliphatic rings. The number of piperidine rings is 1. The summed E-state index contributed by atoms with van der Waals surface area (Å²) in [5.41, 5.74) is 2.28. The average molecular weight is 397 g/mol. The molecule has 0 spiro atoms. The lowest BCUT2D eigenvalue weighted by atomic mass is 9.96. The molecule has 1 amide bonds. The van der Waals surface area contributed by atoms with Crippen molar-refractivity contribution in [2.45, 2.75) is 32.7 Å². The molecule has 0 aromatic carbocycles. The number of hydrogen-bond acceptors (Lipinski definition) is 5. The van der Waals surface area contributed by atoms with Gasteiger partial charge in [0.2, 0.25) is 5.91 Å². The van der Waals surface area contributed by atoms with E-state index < -0.39 is 0 Å². The zero-order valence-electron chi connectivity index (χ0n) is 15.0. The van der Waals surface area contributed by atoms with Gasteiger partial charge in [0.1, 0.15) is 0 Å². The Morgan fingerprint density at radius 1 is 1.42 bits per heavy atom. The average Bonchev–Trinajstić information content (AvgIpc) is 3.35. The van der Waals surface area contributed by atoms with E-state index in [2.05, 4.69) is 31.9 Å². The molecular weight excluding hydrogens is 372 g/mol. The first-order chi connectivity index (χ1) is 12.6. The van der Waals surface area contributed by atoms with E-state index in [1.54, 1.807) is 11.3 Å². The van der Waals surface area contributed by atoms with Crippen molar-refractivity contribution in [3.8, 4) is 0 Å². The lowest BCUT2D eigenvalue weighted by Crippen LogP contribution is -2.40. The van der Waals surface area contributed by atoms with E-state index in [0.717, 1.165) is 56.1 Å². The second-order valence-electron chi connectivity index (χ2n) is 7.37. The van der Waals surface area contributed by atoms with E-state index in [1.165, 1.54) is 5.69 Å². The number of amides is 1. The summed E-state index contributed by atoms with van der Waals surface area (Å²) in [6.45, 7) is 7.05. The zero-order valence-corrected chi connectivity index (χ0v) is 16.6. The van der Waals surface area contributed by atoms with Crippen LogP contribution in [0.1, 0.15) is 30.7 Å². The van der Waals surface area contributed by atoms with Gasteiger partial charge in [0, 0.05) is 30.8 Å². The fraction of sp³-hybridized carbons (Fsp3) is 0.667. The summed E-state index contributed by atoms with van der Waals surface area (Å²) in [4.78, 5) is 20.0. The van der Waals surface area contributed by atoms with Crippen LogP contribution < -0.4 is 5.32 Å². The van der Waals surface area contributed by atoms with Crippen LogP contribution in [0.5, 0.6) is 0 Å². The molecule has 2 fully saturated rings. The highest BCUT2D eigenvalue weighted by atomic mass is 35.5. The third-order valence-electron chi connectivity index (χ3n) is 5.53. The van der Waals surface area contributed by atoms with Crippen LogP contribution in [-0.4, -0.2) is 53.0 Å². The third kappa shape index (κ3) is 3.76. The predicted molar refractivity (Wildman–Crippen MR) is 103 cm³/mol. The van der Waals surface area contributed by atoms with Gasteiger partial charge >= 0.3 is 0 Å². The van der Waals surface area contributed by atoms with Crippen LogP contribution in [0.2, 0.25) is 5.15 Å². The standard InChI is InChI=1S/C18H25ClN4O2S/c1-12-11-26-18-21-16(19)15(23(12)18)9-22-5-2-13(3-6-22)8-20-17(24)14-4-7-25-10-14/h11,13-14H,2-10H2,1H3,(H,20,24). The van der Waals surface area contributed by atoms with Gasteiger partial charge in [-0.3, -0.25) is 14.1 Å². The van der Waals surface area contributed by atoms with Crippen molar-refractivity contribution >= 4 is 33.8 Å². The molecule has 2 aromatic heterocycles. The fourth-order valence-electron chi connectivity index (χ4n) is 3.87. The maximum atomic E-state index is 12.1. The van der Waals surface area contributed by atoms with Crippen molar-refractivity contribution < 1.29 is 9.53 Å². The van der Waals surface area contributed by atoms with Gasteiger partial charge in [0.05, 0.1) is 18.2 Å². The Morgan fingerprint density at radius 3 is 2.96 bits per heavy atom. The van der Waals surface area contributed by atoms with E-state index in [4.69, 9.17) is 16.3 Å². The lowest BCUT2D eigenvalue weighted by molar-refractivity contribution is -0.125. The topological polar surface area (TPSA) is 58.9 Å². The molecule has 0 radical (unpaired) electrons. The number of nitrogens with one attached hydrogen (secondary N) is 1. The van der Waals surface area contributed by atoms with E-state index in [9.17, 15) is 4.79 Å². The lowest BCUT2D eigenvalue weighted by Gasteiger charge is -2.32. The first-order valence-electron chi connectivity index (χ1n) is 9.30. The monoisotopic (exact) mass is 396 g/mol. The van der Waals surface area contributed by atoms with Crippen molar-refractivity contribution in [3.63, 3.8) is 0 Å². The molecule has 6 nitrogen and oxygen atoms in total. The van der Waals surface area contributed by atoms with Gasteiger partial charge in [-0.05, 0) is 45.2 Å². The normalized spacial score (nSPS) is 22.3. The van der Waals surface area contributed by atoms with Gasteiger partial charge in [-0.15, -0.1) is 11.3 Å². The molecule has 4 heterocycles. The molecule has 0 saturated carbocycles. The summed E-state index contributed by atoms with van der Waals surface area (Å²) in [5.74, 6) is 0.767. The van der Waals surface area contributed by atoms with Crippen LogP contribution in [-0.2, 0) is 16.1 Å². The molecule has 2 aromatic rings. The Labute approximate surface area is 162 Å². The van der Waals surface area contributed by atoms with Crippen LogP contribution in [0, 0.1) is 18.8 Å². The molecule has 1 atom stereocenters. The van der Waals surface area contributed by atoms with E-state index in [1.807, 2.05) is 0 Å². The highest BCUT2D eigenvalue weighted by Gasteiger charge is 2.26. The van der Waals surface area contributed by atoms with Crippen LogP contribution in [0.15, 0.2) is 5.38 Å². The van der Waals surface area contributed by atoms with Crippen LogP contribution in [0.3, 0.4) is 0 Å². The minimum absolute atomic E-state index is 0.0513. The van der Waals surface area contributed by atoms with Gasteiger partial charge in [-0.2, -0.15) is 0 Å². The Kier molecular flexibility index (Phi) is 5.50. The first kappa shape index (κ1) is 18.2. The van der Waals surface area contributed by atoms with Crippen molar-refractivity contribution in [2.24, 2.45) is 11.8 Å². The number of ether oxygens (including phenoxy) is 1. The molecule has 26 heavy (non-hydrogen) atoms. The predicted octanol–water partition coefficient (Wildman–Crippen LogP) is 2.72. The molecule has 2 saturated heterocycles. The largest absolute Gasteiger partial charge is 0.381 e. The van der Waals surface area contributed by atoms with Crippen LogP contribution >= 0.6 is 22.9 Å². The molecular formula is C18H25ClN4O2S. The number of carbonyl (C=O) groups is 1. The van der Waals surface area contributed by atoms with Gasteiger partial charge in [-0.1, -0.05) is 11.6 Å². The smallest absolute Gasteiger partial charge is 0.225 e. The number of likely N-dealkylation sites (tertiary alicyclic amines) is 1. The molecule has 1 N–H and O–H groups in total. The molecule has 0 aliphatic carbocycles. The van der Waals surface area contributed by atoms with Gasteiger partial charge in [0.25, 0.3) is 0 Å². The van der Waals surface area contributed by atoms with E-state index in [0.29, 0.717) is 24.3 Å². The van der Waals surface area contributed by atoms with Gasteiger partial charge in [0.15, 0.2) is 10.1 Å². The number of aryl methyl sites for hydroxylation is 1. The van der Waals surface area contributed by atoms with Crippen molar-refractivity contribution in [2.75, 3.05) is 32.8 Å². The van der Waals surface area contributed by atoms with Gasteiger partial charge < -0.3 is 10.1 Å². The highest BCUT2D eigenvalue weighted by Crippen LogP contribution is 2.27. The molecule has 0 bridgehead atoms. The Morgan fingerprint density at radius 2 is 2.23 bits per heavy atom. The number of aromatic nitrogens is 2. The number of imidazole rings is 1. The number of hydrogen-bond donors (Lipinski definition) is 1. The maximum Gasteiger partial charge on any atom is 0.225 e. The van der Waals surface area contributed by atoms with Crippen molar-refractivity contribution in [1.82, 2.24) is 19.6 Å². The third-order valence-corrected chi connectivity index (χ3v) is 6.77. The van der Waals surface area contributed by atoms with Crippen molar-refractivity contribution in [3.05, 3.63) is 21.9 Å². The van der Waals surface area contributed by atoms with Crippen LogP contribution in [0.4, 0.5) is 0 Å². The number of nitrogens with zero attached hydrogens (tertiary/aromatic N) is 3. The summed E-state index contributed by atoms with van der Waals surface area (Å²) in [6.07, 6.45) is 3.06. The SMILES string of the molecule is Cc1csc2nc(Cl)c(CN3CCC(CNC(=O)C4CCOC4)CC3)n12. The summed E-state index contributed by atoms with van der Waals surface area (Å²) in [7, 11) is 0. The zero-order chi connectivity index (χ0) is 18.1. The summed E-state index contributed by atoms with van der Waals surface area (Å²) in [5, 5.41) is 5.86. The number of halogens is 1. The van der Waals surface area contributed by atoms with E-state index in [-0.39, 0.29) is 11.8 Å². The second-order valence-corrected chi connectivity index (χ2v) is 8.56. The first-order valence-corrected chi connectivity index (χ1v) is 10.6. The molecule has 8 heteroatoms. The number of carbonyl (C=O) groups excluding carboxylic acids is 1. The minimum Gasteiger partial charge on any atom is -0.381 e. The Bertz CT molecular complexity index is 776.